The van der Waals surface area contributed by atoms with Crippen LogP contribution >= 0.6 is 27.3 Å². The molecule has 1 amide bonds. The molecule has 0 aromatic carbocycles. The molecule has 0 aliphatic carbocycles. The van der Waals surface area contributed by atoms with E-state index in [1.165, 1.54) is 4.88 Å². The van der Waals surface area contributed by atoms with E-state index < -0.39 is 0 Å². The third-order valence-corrected chi connectivity index (χ3v) is 5.77. The monoisotopic (exact) mass is 330 g/mol. The zero-order valence-corrected chi connectivity index (χ0v) is 13.2. The fraction of sp³-hybridized carbons (Fsp3) is 0.615. The van der Waals surface area contributed by atoms with Gasteiger partial charge in [0.15, 0.2) is 0 Å². The lowest BCUT2D eigenvalue weighted by atomic mass is 9.75. The summed E-state index contributed by atoms with van der Waals surface area (Å²) in [5.41, 5.74) is -0.232. The van der Waals surface area contributed by atoms with Crippen LogP contribution in [-0.2, 0) is 11.3 Å². The number of thiophene rings is 1. The molecule has 2 heterocycles. The first kappa shape index (κ1) is 14.0. The van der Waals surface area contributed by atoms with Crippen molar-refractivity contribution in [1.82, 2.24) is 10.6 Å². The highest BCUT2D eigenvalue weighted by Gasteiger charge is 2.43. The maximum atomic E-state index is 12.5. The standard InChI is InChI=1S/C13H19BrN2OS/c1-9(2)13(4-5-15-8-13)12(17)16-7-11-10(14)3-6-18-11/h3,6,9,15H,4-5,7-8H2,1-2H3,(H,16,17). The van der Waals surface area contributed by atoms with Crippen molar-refractivity contribution in [3.05, 3.63) is 20.8 Å². The average molecular weight is 331 g/mol. The van der Waals surface area contributed by atoms with Gasteiger partial charge in [0.05, 0.1) is 12.0 Å². The van der Waals surface area contributed by atoms with Gasteiger partial charge >= 0.3 is 0 Å². The van der Waals surface area contributed by atoms with Crippen LogP contribution in [0.4, 0.5) is 0 Å². The van der Waals surface area contributed by atoms with Crippen LogP contribution in [-0.4, -0.2) is 19.0 Å². The quantitative estimate of drug-likeness (QED) is 0.891. The average Bonchev–Trinajstić information content (AvgIpc) is 2.95. The highest BCUT2D eigenvalue weighted by molar-refractivity contribution is 9.10. The number of nitrogens with one attached hydrogen (secondary N) is 2. The number of halogens is 1. The first-order chi connectivity index (χ1) is 8.56. The van der Waals surface area contributed by atoms with E-state index >= 15 is 0 Å². The summed E-state index contributed by atoms with van der Waals surface area (Å²) in [6, 6.07) is 2.02. The number of rotatable bonds is 4. The minimum Gasteiger partial charge on any atom is -0.351 e. The molecule has 2 rings (SSSR count). The van der Waals surface area contributed by atoms with Crippen LogP contribution < -0.4 is 10.6 Å². The topological polar surface area (TPSA) is 41.1 Å². The van der Waals surface area contributed by atoms with Crippen molar-refractivity contribution in [2.24, 2.45) is 11.3 Å². The Kier molecular flexibility index (Phi) is 4.45. The summed E-state index contributed by atoms with van der Waals surface area (Å²) in [7, 11) is 0. The van der Waals surface area contributed by atoms with Crippen molar-refractivity contribution in [1.29, 1.82) is 0 Å². The molecule has 5 heteroatoms. The molecule has 1 aliphatic rings. The number of hydrogen-bond donors (Lipinski definition) is 2. The SMILES string of the molecule is CC(C)C1(C(=O)NCc2sccc2Br)CCNC1. The fourth-order valence-corrected chi connectivity index (χ4v) is 3.88. The maximum Gasteiger partial charge on any atom is 0.228 e. The molecule has 1 atom stereocenters. The third-order valence-electron chi connectivity index (χ3n) is 3.85. The summed E-state index contributed by atoms with van der Waals surface area (Å²) in [5.74, 6) is 0.544. The van der Waals surface area contributed by atoms with Gasteiger partial charge in [0.25, 0.3) is 0 Å². The summed E-state index contributed by atoms with van der Waals surface area (Å²) < 4.78 is 1.08. The van der Waals surface area contributed by atoms with Gasteiger partial charge in [-0.05, 0) is 46.3 Å². The van der Waals surface area contributed by atoms with Crippen LogP contribution in [0.25, 0.3) is 0 Å². The summed E-state index contributed by atoms with van der Waals surface area (Å²) >= 11 is 5.15. The number of hydrogen-bond acceptors (Lipinski definition) is 3. The molecule has 1 saturated heterocycles. The molecule has 1 aliphatic heterocycles. The van der Waals surface area contributed by atoms with Gasteiger partial charge in [0.2, 0.25) is 5.91 Å². The van der Waals surface area contributed by atoms with Crippen molar-refractivity contribution in [2.75, 3.05) is 13.1 Å². The van der Waals surface area contributed by atoms with Gasteiger partial charge in [-0.15, -0.1) is 11.3 Å². The van der Waals surface area contributed by atoms with Gasteiger partial charge in [-0.3, -0.25) is 4.79 Å². The van der Waals surface area contributed by atoms with Crippen molar-refractivity contribution in [3.63, 3.8) is 0 Å². The summed E-state index contributed by atoms with van der Waals surface area (Å²) in [5, 5.41) is 8.43. The lowest BCUT2D eigenvalue weighted by Crippen LogP contribution is -2.45. The molecule has 100 valence electrons. The van der Waals surface area contributed by atoms with Crippen molar-refractivity contribution in [3.8, 4) is 0 Å². The van der Waals surface area contributed by atoms with Gasteiger partial charge in [0, 0.05) is 15.9 Å². The Morgan fingerprint density at radius 2 is 2.44 bits per heavy atom. The number of carbonyl (C=O) groups excluding carboxylic acids is 1. The Hall–Kier alpha value is -0.390. The summed E-state index contributed by atoms with van der Waals surface area (Å²) in [6.45, 7) is 6.61. The molecule has 0 spiro atoms. The largest absolute Gasteiger partial charge is 0.351 e. The van der Waals surface area contributed by atoms with Gasteiger partial charge in [-0.1, -0.05) is 13.8 Å². The van der Waals surface area contributed by atoms with E-state index in [1.54, 1.807) is 11.3 Å². The van der Waals surface area contributed by atoms with E-state index in [0.29, 0.717) is 12.5 Å². The smallest absolute Gasteiger partial charge is 0.228 e. The third kappa shape index (κ3) is 2.63. The normalized spacial score (nSPS) is 23.6. The fourth-order valence-electron chi connectivity index (χ4n) is 2.45. The van der Waals surface area contributed by atoms with Crippen LogP contribution in [0.15, 0.2) is 15.9 Å². The van der Waals surface area contributed by atoms with E-state index in [4.69, 9.17) is 0 Å². The Morgan fingerprint density at radius 3 is 2.94 bits per heavy atom. The van der Waals surface area contributed by atoms with Gasteiger partial charge in [-0.2, -0.15) is 0 Å². The Balaban J connectivity index is 2.00. The highest BCUT2D eigenvalue weighted by Crippen LogP contribution is 2.34. The minimum atomic E-state index is -0.232. The second-order valence-corrected chi connectivity index (χ2v) is 6.97. The first-order valence-corrected chi connectivity index (χ1v) is 7.94. The van der Waals surface area contributed by atoms with Crippen molar-refractivity contribution < 1.29 is 4.79 Å². The second kappa shape index (κ2) is 5.72. The molecule has 0 bridgehead atoms. The van der Waals surface area contributed by atoms with Crippen LogP contribution in [0.2, 0.25) is 0 Å². The summed E-state index contributed by atoms with van der Waals surface area (Å²) in [4.78, 5) is 13.6. The predicted octanol–water partition coefficient (Wildman–Crippen LogP) is 2.76. The van der Waals surface area contributed by atoms with Crippen LogP contribution in [0, 0.1) is 11.3 Å². The van der Waals surface area contributed by atoms with Gasteiger partial charge in [-0.25, -0.2) is 0 Å². The van der Waals surface area contributed by atoms with E-state index in [9.17, 15) is 4.79 Å². The maximum absolute atomic E-state index is 12.5. The Bertz CT molecular complexity index is 424. The Labute approximate surface area is 120 Å². The van der Waals surface area contributed by atoms with Crippen LogP contribution in [0.3, 0.4) is 0 Å². The molecule has 1 aromatic heterocycles. The molecule has 2 N–H and O–H groups in total. The lowest BCUT2D eigenvalue weighted by molar-refractivity contribution is -0.132. The highest BCUT2D eigenvalue weighted by atomic mass is 79.9. The first-order valence-electron chi connectivity index (χ1n) is 6.27. The van der Waals surface area contributed by atoms with Crippen LogP contribution in [0.5, 0.6) is 0 Å². The molecule has 1 aromatic rings. The predicted molar refractivity (Wildman–Crippen MR) is 78.6 cm³/mol. The molecule has 1 fully saturated rings. The van der Waals surface area contributed by atoms with E-state index in [0.717, 1.165) is 24.0 Å². The molecule has 18 heavy (non-hydrogen) atoms. The number of carbonyl (C=O) groups is 1. The molecule has 3 nitrogen and oxygen atoms in total. The lowest BCUT2D eigenvalue weighted by Gasteiger charge is -2.31. The van der Waals surface area contributed by atoms with Crippen molar-refractivity contribution in [2.45, 2.75) is 26.8 Å². The summed E-state index contributed by atoms with van der Waals surface area (Å²) in [6.07, 6.45) is 0.933. The van der Waals surface area contributed by atoms with E-state index in [-0.39, 0.29) is 11.3 Å². The van der Waals surface area contributed by atoms with Gasteiger partial charge < -0.3 is 10.6 Å². The number of amides is 1. The van der Waals surface area contributed by atoms with Crippen LogP contribution in [0.1, 0.15) is 25.1 Å². The second-order valence-electron chi connectivity index (χ2n) is 5.11. The molecular formula is C13H19BrN2OS. The van der Waals surface area contributed by atoms with Crippen molar-refractivity contribution >= 4 is 33.2 Å². The zero-order chi connectivity index (χ0) is 13.2. The molecular weight excluding hydrogens is 312 g/mol. The van der Waals surface area contributed by atoms with Gasteiger partial charge in [0.1, 0.15) is 0 Å². The van der Waals surface area contributed by atoms with E-state index in [1.807, 2.05) is 11.4 Å². The molecule has 0 saturated carbocycles. The van der Waals surface area contributed by atoms with E-state index in [2.05, 4.69) is 40.4 Å². The molecule has 0 radical (unpaired) electrons. The molecule has 1 unspecified atom stereocenters. The minimum absolute atomic E-state index is 0.183. The Morgan fingerprint density at radius 1 is 1.67 bits per heavy atom. The zero-order valence-electron chi connectivity index (χ0n) is 10.8.